The van der Waals surface area contributed by atoms with Gasteiger partial charge in [0.15, 0.2) is 0 Å². The average Bonchev–Trinajstić information content (AvgIpc) is 3.39. The molecule has 0 unspecified atom stereocenters. The lowest BCUT2D eigenvalue weighted by Crippen LogP contribution is -2.42. The van der Waals surface area contributed by atoms with E-state index in [1.807, 2.05) is 0 Å². The Labute approximate surface area is 314 Å². The first kappa shape index (κ1) is 41.5. The number of hydrogen-bond donors (Lipinski definition) is 0. The van der Waals surface area contributed by atoms with Crippen LogP contribution in [0.4, 0.5) is 5.69 Å². The van der Waals surface area contributed by atoms with Crippen LogP contribution in [0.3, 0.4) is 0 Å². The molecule has 9 heteroatoms. The van der Waals surface area contributed by atoms with Gasteiger partial charge in [-0.05, 0) is 85.2 Å². The van der Waals surface area contributed by atoms with E-state index in [4.69, 9.17) is 0 Å². The van der Waals surface area contributed by atoms with Gasteiger partial charge in [-0.15, -0.1) is 0 Å². The van der Waals surface area contributed by atoms with E-state index in [0.717, 1.165) is 83.2 Å². The zero-order valence-electron chi connectivity index (χ0n) is 35.0. The molecule has 7 nitrogen and oxygen atoms in total. The van der Waals surface area contributed by atoms with Crippen LogP contribution >= 0.6 is 15.2 Å². The Hall–Kier alpha value is -0.680. The van der Waals surface area contributed by atoms with Gasteiger partial charge in [-0.25, -0.2) is 23.1 Å². The third-order valence-electron chi connectivity index (χ3n) is 12.1. The maximum absolute atomic E-state index is 17.4. The molecular weight excluding hydrogens is 668 g/mol. The van der Waals surface area contributed by atoms with Gasteiger partial charge in [-0.2, -0.15) is 0 Å². The summed E-state index contributed by atoms with van der Waals surface area (Å²) in [5, 5.41) is 0. The zero-order valence-corrected chi connectivity index (χ0v) is 36.7. The van der Waals surface area contributed by atoms with Crippen molar-refractivity contribution in [2.24, 2.45) is 21.7 Å². The van der Waals surface area contributed by atoms with Gasteiger partial charge in [0.1, 0.15) is 0 Å². The van der Waals surface area contributed by atoms with Crippen LogP contribution in [0.15, 0.2) is 30.3 Å². The summed E-state index contributed by atoms with van der Waals surface area (Å²) in [4.78, 5) is 0. The normalized spacial score (nSPS) is 28.2. The number of anilines is 1. The smallest absolute Gasteiger partial charge is 0.263 e. The van der Waals surface area contributed by atoms with E-state index >= 15 is 9.13 Å². The van der Waals surface area contributed by atoms with Crippen LogP contribution in [0, 0.1) is 21.7 Å². The van der Waals surface area contributed by atoms with Gasteiger partial charge in [0.25, 0.3) is 0 Å². The molecule has 0 amide bonds. The number of rotatable bonds is 11. The van der Waals surface area contributed by atoms with Crippen molar-refractivity contribution in [3.8, 4) is 0 Å². The molecule has 0 aromatic heterocycles. The maximum atomic E-state index is 17.4. The molecular formula is C42H77N5O2P2. The van der Waals surface area contributed by atoms with E-state index in [0.29, 0.717) is 0 Å². The highest BCUT2D eigenvalue weighted by Gasteiger charge is 2.67. The Morgan fingerprint density at radius 2 is 0.745 bits per heavy atom. The Balaban J connectivity index is 1.79. The van der Waals surface area contributed by atoms with Crippen LogP contribution in [0.5, 0.6) is 0 Å². The molecule has 2 aliphatic heterocycles. The van der Waals surface area contributed by atoms with Crippen LogP contribution in [-0.4, -0.2) is 69.0 Å². The summed E-state index contributed by atoms with van der Waals surface area (Å²) in [6.07, 6.45) is 12.7. The molecule has 0 spiro atoms. The lowest BCUT2D eigenvalue weighted by molar-refractivity contribution is 0.183. The topological polar surface area (TPSA) is 50.3 Å². The molecule has 4 atom stereocenters. The molecule has 4 aliphatic rings. The largest absolute Gasteiger partial charge is 0.319 e. The van der Waals surface area contributed by atoms with Crippen molar-refractivity contribution in [1.82, 2.24) is 18.7 Å². The van der Waals surface area contributed by atoms with Gasteiger partial charge in [-0.1, -0.05) is 127 Å². The van der Waals surface area contributed by atoms with E-state index in [1.165, 1.54) is 25.7 Å². The van der Waals surface area contributed by atoms with Gasteiger partial charge in [0, 0.05) is 50.3 Å². The Bertz CT molecular complexity index is 1230. The number of fused-ring (bicyclic) bond motifs is 2. The monoisotopic (exact) mass is 746 g/mol. The van der Waals surface area contributed by atoms with Gasteiger partial charge >= 0.3 is 15.2 Å². The van der Waals surface area contributed by atoms with Crippen molar-refractivity contribution in [2.45, 2.75) is 184 Å². The summed E-state index contributed by atoms with van der Waals surface area (Å²) >= 11 is 0. The molecule has 2 heterocycles. The van der Waals surface area contributed by atoms with Gasteiger partial charge in [-0.3, -0.25) is 9.13 Å². The Morgan fingerprint density at radius 1 is 0.490 bits per heavy atom. The summed E-state index contributed by atoms with van der Waals surface area (Å²) in [7, 11) is -7.24. The molecule has 51 heavy (non-hydrogen) atoms. The standard InChI is InChI=1S/C42H77N5O2P2/c1-39(2,3)26-30-43-35-22-16-17-23-36(35)44(31-27-40(4,5)6)50(43,48)47(34-20-14-13-15-21-34)51(49)45(32-28-41(7,8)9)37-24-18-19-25-38(37)46(51)33-29-42(10,11)12/h13-15,20-21,35-38H,16-19,22-33H2,1-12H3/t35-,36-,37-,38-/m1/s1. The second-order valence-electron chi connectivity index (χ2n) is 21.4. The molecule has 2 aliphatic carbocycles. The molecule has 0 bridgehead atoms. The summed E-state index contributed by atoms with van der Waals surface area (Å²) in [5.41, 5.74) is 1.24. The fraction of sp³-hybridized carbons (Fsp3) is 0.857. The molecule has 2 saturated heterocycles. The zero-order chi connectivity index (χ0) is 37.6. The molecule has 1 aromatic carbocycles. The highest BCUT2D eigenvalue weighted by molar-refractivity contribution is 7.79. The third-order valence-corrected chi connectivity index (χ3v) is 19.6. The molecule has 5 rings (SSSR count). The average molecular weight is 746 g/mol. The summed E-state index contributed by atoms with van der Waals surface area (Å²) in [6, 6.07) is 11.3. The number of hydrogen-bond acceptors (Lipinski definition) is 2. The summed E-state index contributed by atoms with van der Waals surface area (Å²) < 4.78 is 46.8. The summed E-state index contributed by atoms with van der Waals surface area (Å²) in [6.45, 7) is 30.8. The van der Waals surface area contributed by atoms with Crippen LogP contribution in [0.25, 0.3) is 0 Å². The molecule has 4 fully saturated rings. The van der Waals surface area contributed by atoms with Gasteiger partial charge in [0.2, 0.25) is 0 Å². The first-order valence-electron chi connectivity index (χ1n) is 20.7. The number of para-hydroxylation sites is 1. The molecule has 0 N–H and O–H groups in total. The van der Waals surface area contributed by atoms with Crippen molar-refractivity contribution >= 4 is 20.9 Å². The minimum Gasteiger partial charge on any atom is -0.263 e. The SMILES string of the molecule is CC(C)(C)CCN1[C@@H]2CCCC[C@H]2N(CCC(C)(C)C)P1(=O)N(c1ccccc1)P1(=O)N(CCC(C)(C)C)[C@@H]2CCCC[C@H]2N1CCC(C)(C)C. The molecule has 2 saturated carbocycles. The predicted molar refractivity (Wildman–Crippen MR) is 219 cm³/mol. The number of nitrogens with zero attached hydrogens (tertiary/aromatic N) is 5. The first-order valence-corrected chi connectivity index (χ1v) is 23.8. The fourth-order valence-electron chi connectivity index (χ4n) is 9.08. The van der Waals surface area contributed by atoms with E-state index < -0.39 is 15.2 Å². The Morgan fingerprint density at radius 3 is 0.980 bits per heavy atom. The highest BCUT2D eigenvalue weighted by atomic mass is 31.2. The lowest BCUT2D eigenvalue weighted by Gasteiger charge is -2.48. The minimum atomic E-state index is -3.62. The van der Waals surface area contributed by atoms with E-state index in [9.17, 15) is 0 Å². The molecule has 0 radical (unpaired) electrons. The van der Waals surface area contributed by atoms with Crippen LogP contribution in [0.1, 0.15) is 160 Å². The maximum Gasteiger partial charge on any atom is 0.319 e. The highest BCUT2D eigenvalue weighted by Crippen LogP contribution is 2.80. The molecule has 1 aromatic rings. The number of benzene rings is 1. The second kappa shape index (κ2) is 15.5. The van der Waals surface area contributed by atoms with E-state index in [-0.39, 0.29) is 45.8 Å². The van der Waals surface area contributed by atoms with Crippen molar-refractivity contribution in [2.75, 3.05) is 30.6 Å². The fourth-order valence-corrected chi connectivity index (χ4v) is 17.9. The first-order chi connectivity index (χ1) is 23.6. The van der Waals surface area contributed by atoms with Crippen molar-refractivity contribution < 1.29 is 9.13 Å². The molecule has 292 valence electrons. The van der Waals surface area contributed by atoms with Crippen molar-refractivity contribution in [3.63, 3.8) is 0 Å². The predicted octanol–water partition coefficient (Wildman–Crippen LogP) is 12.3. The van der Waals surface area contributed by atoms with Crippen LogP contribution in [0.2, 0.25) is 0 Å². The second-order valence-corrected chi connectivity index (χ2v) is 26.6. The minimum absolute atomic E-state index is 0.0927. The van der Waals surface area contributed by atoms with Crippen molar-refractivity contribution in [1.29, 1.82) is 0 Å². The Kier molecular flexibility index (Phi) is 12.6. The van der Waals surface area contributed by atoms with Gasteiger partial charge in [0.05, 0.1) is 5.69 Å². The van der Waals surface area contributed by atoms with Crippen LogP contribution in [-0.2, 0) is 9.13 Å². The quantitative estimate of drug-likeness (QED) is 0.209. The summed E-state index contributed by atoms with van der Waals surface area (Å²) in [5.74, 6) is 0. The van der Waals surface area contributed by atoms with E-state index in [1.54, 1.807) is 0 Å². The third kappa shape index (κ3) is 9.24. The lowest BCUT2D eigenvalue weighted by atomic mass is 9.88. The van der Waals surface area contributed by atoms with Crippen molar-refractivity contribution in [3.05, 3.63) is 30.3 Å². The van der Waals surface area contributed by atoms with E-state index in [2.05, 4.69) is 137 Å². The van der Waals surface area contributed by atoms with Gasteiger partial charge < -0.3 is 0 Å². The van der Waals surface area contributed by atoms with Crippen LogP contribution < -0.4 is 4.44 Å².